The molecule has 0 aliphatic carbocycles. The molecule has 3 rings (SSSR count). The van der Waals surface area contributed by atoms with Gasteiger partial charge < -0.3 is 15.5 Å². The van der Waals surface area contributed by atoms with Crippen molar-refractivity contribution in [3.63, 3.8) is 0 Å². The topological polar surface area (TPSA) is 95.6 Å². The number of nitrogens with zero attached hydrogens (tertiary/aromatic N) is 1. The van der Waals surface area contributed by atoms with Crippen LogP contribution in [0, 0.1) is 5.92 Å². The van der Waals surface area contributed by atoms with Gasteiger partial charge >= 0.3 is 6.03 Å². The van der Waals surface area contributed by atoms with Crippen LogP contribution in [-0.4, -0.2) is 44.6 Å². The molecule has 0 aromatic heterocycles. The number of sulfone groups is 1. The molecule has 0 spiro atoms. The van der Waals surface area contributed by atoms with Crippen molar-refractivity contribution in [2.75, 3.05) is 30.0 Å². The van der Waals surface area contributed by atoms with Crippen LogP contribution in [0.1, 0.15) is 12.8 Å². The molecular weight excluding hydrogens is 378 g/mol. The Morgan fingerprint density at radius 2 is 1.46 bits per heavy atom. The second-order valence-corrected chi connectivity index (χ2v) is 8.86. The summed E-state index contributed by atoms with van der Waals surface area (Å²) in [6, 6.07) is 15.2. The van der Waals surface area contributed by atoms with Crippen molar-refractivity contribution in [1.29, 1.82) is 0 Å². The van der Waals surface area contributed by atoms with E-state index in [2.05, 4.69) is 10.6 Å². The van der Waals surface area contributed by atoms with Gasteiger partial charge in [0.05, 0.1) is 4.90 Å². The van der Waals surface area contributed by atoms with E-state index in [1.54, 1.807) is 17.0 Å². The van der Waals surface area contributed by atoms with E-state index < -0.39 is 9.84 Å². The number of nitrogens with one attached hydrogen (secondary N) is 2. The van der Waals surface area contributed by atoms with Gasteiger partial charge in [-0.3, -0.25) is 4.79 Å². The summed E-state index contributed by atoms with van der Waals surface area (Å²) < 4.78 is 23.0. The molecule has 3 amide bonds. The van der Waals surface area contributed by atoms with E-state index in [1.165, 1.54) is 12.1 Å². The number of para-hydroxylation sites is 1. The van der Waals surface area contributed by atoms with Crippen LogP contribution in [0.25, 0.3) is 0 Å². The largest absolute Gasteiger partial charge is 0.326 e. The average Bonchev–Trinajstić information content (AvgIpc) is 2.68. The second kappa shape index (κ2) is 8.43. The molecule has 0 bridgehead atoms. The number of likely N-dealkylation sites (tertiary alicyclic amines) is 1. The molecule has 2 N–H and O–H groups in total. The van der Waals surface area contributed by atoms with E-state index in [0.29, 0.717) is 31.6 Å². The van der Waals surface area contributed by atoms with Crippen molar-refractivity contribution in [3.8, 4) is 0 Å². The van der Waals surface area contributed by atoms with Crippen LogP contribution in [-0.2, 0) is 14.6 Å². The first-order chi connectivity index (χ1) is 13.3. The summed E-state index contributed by atoms with van der Waals surface area (Å²) in [7, 11) is -3.26. The highest BCUT2D eigenvalue weighted by Crippen LogP contribution is 2.21. The van der Waals surface area contributed by atoms with Gasteiger partial charge in [-0.15, -0.1) is 0 Å². The number of amides is 3. The first-order valence-corrected chi connectivity index (χ1v) is 10.9. The minimum Gasteiger partial charge on any atom is -0.326 e. The molecule has 148 valence electrons. The molecule has 2 aromatic carbocycles. The van der Waals surface area contributed by atoms with Crippen molar-refractivity contribution in [2.24, 2.45) is 5.92 Å². The van der Waals surface area contributed by atoms with E-state index in [9.17, 15) is 18.0 Å². The van der Waals surface area contributed by atoms with Gasteiger partial charge in [0.25, 0.3) is 0 Å². The van der Waals surface area contributed by atoms with E-state index in [-0.39, 0.29) is 22.8 Å². The quantitative estimate of drug-likeness (QED) is 0.823. The van der Waals surface area contributed by atoms with Crippen LogP contribution in [0.4, 0.5) is 16.2 Å². The zero-order valence-corrected chi connectivity index (χ0v) is 16.4. The Hall–Kier alpha value is -2.87. The number of rotatable bonds is 4. The number of hydrogen-bond donors (Lipinski definition) is 2. The first-order valence-electron chi connectivity index (χ1n) is 9.05. The lowest BCUT2D eigenvalue weighted by Gasteiger charge is -2.31. The fourth-order valence-corrected chi connectivity index (χ4v) is 3.73. The number of benzene rings is 2. The smallest absolute Gasteiger partial charge is 0.321 e. The van der Waals surface area contributed by atoms with Gasteiger partial charge in [0.1, 0.15) is 0 Å². The number of hydrogen-bond acceptors (Lipinski definition) is 4. The minimum atomic E-state index is -3.26. The SMILES string of the molecule is CS(=O)(=O)c1ccc(NC(=O)C2CCN(C(=O)Nc3ccccc3)CC2)cc1. The third-order valence-corrected chi connectivity index (χ3v) is 5.86. The third-order valence-electron chi connectivity index (χ3n) is 4.73. The van der Waals surface area contributed by atoms with E-state index >= 15 is 0 Å². The summed E-state index contributed by atoms with van der Waals surface area (Å²) in [5, 5.41) is 5.67. The maximum absolute atomic E-state index is 12.5. The van der Waals surface area contributed by atoms with E-state index in [4.69, 9.17) is 0 Å². The first kappa shape index (κ1) is 19.9. The van der Waals surface area contributed by atoms with Crippen molar-refractivity contribution < 1.29 is 18.0 Å². The van der Waals surface area contributed by atoms with Gasteiger partial charge in [0.15, 0.2) is 9.84 Å². The number of carbonyl (C=O) groups is 2. The number of carbonyl (C=O) groups excluding carboxylic acids is 2. The predicted octanol–water partition coefficient (Wildman–Crippen LogP) is 2.97. The summed E-state index contributed by atoms with van der Waals surface area (Å²) in [4.78, 5) is 26.7. The molecular formula is C20H23N3O4S. The van der Waals surface area contributed by atoms with Gasteiger partial charge in [-0.05, 0) is 49.2 Å². The van der Waals surface area contributed by atoms with Gasteiger partial charge in [-0.1, -0.05) is 18.2 Å². The van der Waals surface area contributed by atoms with Crippen LogP contribution in [0.15, 0.2) is 59.5 Å². The Labute approximate surface area is 164 Å². The summed E-state index contributed by atoms with van der Waals surface area (Å²) in [5.41, 5.74) is 1.30. The molecule has 0 radical (unpaired) electrons. The lowest BCUT2D eigenvalue weighted by molar-refractivity contribution is -0.121. The van der Waals surface area contributed by atoms with Gasteiger partial charge in [0.2, 0.25) is 5.91 Å². The molecule has 1 fully saturated rings. The highest BCUT2D eigenvalue weighted by atomic mass is 32.2. The van der Waals surface area contributed by atoms with Crippen LogP contribution >= 0.6 is 0 Å². The zero-order chi connectivity index (χ0) is 20.1. The molecule has 1 aliphatic heterocycles. The molecule has 0 atom stereocenters. The molecule has 28 heavy (non-hydrogen) atoms. The van der Waals surface area contributed by atoms with Crippen LogP contribution in [0.3, 0.4) is 0 Å². The summed E-state index contributed by atoms with van der Waals surface area (Å²) >= 11 is 0. The summed E-state index contributed by atoms with van der Waals surface area (Å²) in [5.74, 6) is -0.300. The van der Waals surface area contributed by atoms with E-state index in [1.807, 2.05) is 30.3 Å². The fourth-order valence-electron chi connectivity index (χ4n) is 3.10. The lowest BCUT2D eigenvalue weighted by Crippen LogP contribution is -2.43. The lowest BCUT2D eigenvalue weighted by atomic mass is 9.96. The molecule has 2 aromatic rings. The van der Waals surface area contributed by atoms with E-state index in [0.717, 1.165) is 11.9 Å². The summed E-state index contributed by atoms with van der Waals surface area (Å²) in [6.45, 7) is 1.01. The Morgan fingerprint density at radius 1 is 0.893 bits per heavy atom. The molecule has 7 nitrogen and oxygen atoms in total. The van der Waals surface area contributed by atoms with Crippen molar-refractivity contribution in [2.45, 2.75) is 17.7 Å². The number of piperidine rings is 1. The molecule has 0 saturated carbocycles. The minimum absolute atomic E-state index is 0.116. The van der Waals surface area contributed by atoms with Crippen molar-refractivity contribution in [1.82, 2.24) is 4.90 Å². The Morgan fingerprint density at radius 3 is 2.04 bits per heavy atom. The normalized spacial score (nSPS) is 15.1. The second-order valence-electron chi connectivity index (χ2n) is 6.84. The molecule has 1 heterocycles. The van der Waals surface area contributed by atoms with Gasteiger partial charge in [-0.2, -0.15) is 0 Å². The molecule has 1 saturated heterocycles. The Kier molecular flexibility index (Phi) is 5.99. The monoisotopic (exact) mass is 401 g/mol. The van der Waals surface area contributed by atoms with Gasteiger partial charge in [-0.25, -0.2) is 13.2 Å². The Bertz CT molecular complexity index is 935. The fraction of sp³-hybridized carbons (Fsp3) is 0.300. The standard InChI is InChI=1S/C20H23N3O4S/c1-28(26,27)18-9-7-17(8-10-18)21-19(24)15-11-13-23(14-12-15)20(25)22-16-5-3-2-4-6-16/h2-10,15H,11-14H2,1H3,(H,21,24)(H,22,25). The maximum Gasteiger partial charge on any atom is 0.321 e. The van der Waals surface area contributed by atoms with Crippen LogP contribution in [0.2, 0.25) is 0 Å². The third kappa shape index (κ3) is 5.10. The molecule has 1 aliphatic rings. The van der Waals surface area contributed by atoms with Gasteiger partial charge in [0, 0.05) is 36.6 Å². The predicted molar refractivity (Wildman–Crippen MR) is 108 cm³/mol. The maximum atomic E-state index is 12.5. The average molecular weight is 401 g/mol. The number of anilines is 2. The summed E-state index contributed by atoms with van der Waals surface area (Å²) in [6.07, 6.45) is 2.30. The number of urea groups is 1. The van der Waals surface area contributed by atoms with Crippen molar-refractivity contribution in [3.05, 3.63) is 54.6 Å². The van der Waals surface area contributed by atoms with Crippen LogP contribution < -0.4 is 10.6 Å². The highest BCUT2D eigenvalue weighted by Gasteiger charge is 2.27. The molecule has 0 unspecified atom stereocenters. The molecule has 8 heteroatoms. The zero-order valence-electron chi connectivity index (χ0n) is 15.6. The van der Waals surface area contributed by atoms with Crippen LogP contribution in [0.5, 0.6) is 0 Å². The Balaban J connectivity index is 1.50. The highest BCUT2D eigenvalue weighted by molar-refractivity contribution is 7.90. The van der Waals surface area contributed by atoms with Crippen molar-refractivity contribution >= 4 is 33.2 Å².